The van der Waals surface area contributed by atoms with E-state index in [1.807, 2.05) is 50.4 Å². The number of rotatable bonds is 5. The highest BCUT2D eigenvalue weighted by Gasteiger charge is 2.19. The highest BCUT2D eigenvalue weighted by atomic mass is 32.2. The van der Waals surface area contributed by atoms with Gasteiger partial charge in [-0.25, -0.2) is 0 Å². The fraction of sp³-hybridized carbons (Fsp3) is 0.400. The monoisotopic (exact) mass is 276 g/mol. The van der Waals surface area contributed by atoms with Crippen molar-refractivity contribution in [3.05, 3.63) is 36.0 Å². The number of aliphatic hydroxyl groups is 1. The van der Waals surface area contributed by atoms with E-state index in [-0.39, 0.29) is 0 Å². The summed E-state index contributed by atoms with van der Waals surface area (Å²) < 4.78 is 0. The molecule has 1 unspecified atom stereocenters. The third-order valence-corrected chi connectivity index (χ3v) is 3.87. The van der Waals surface area contributed by atoms with Gasteiger partial charge in [0.15, 0.2) is 0 Å². The van der Waals surface area contributed by atoms with E-state index in [0.717, 1.165) is 22.3 Å². The zero-order valence-corrected chi connectivity index (χ0v) is 12.4. The number of para-hydroxylation sites is 1. The number of aromatic nitrogens is 1. The first-order valence-electron chi connectivity index (χ1n) is 6.33. The summed E-state index contributed by atoms with van der Waals surface area (Å²) in [7, 11) is 0. The molecular weight excluding hydrogens is 256 g/mol. The summed E-state index contributed by atoms with van der Waals surface area (Å²) in [4.78, 5) is 4.51. The van der Waals surface area contributed by atoms with Crippen molar-refractivity contribution in [1.82, 2.24) is 4.98 Å². The predicted molar refractivity (Wildman–Crippen MR) is 84.0 cm³/mol. The molecule has 0 amide bonds. The Labute approximate surface area is 118 Å². The van der Waals surface area contributed by atoms with Gasteiger partial charge in [0.25, 0.3) is 0 Å². The average Bonchev–Trinajstić information content (AvgIpc) is 2.36. The Morgan fingerprint density at radius 3 is 2.84 bits per heavy atom. The minimum absolute atomic E-state index is 0.529. The van der Waals surface area contributed by atoms with E-state index in [0.29, 0.717) is 12.3 Å². The summed E-state index contributed by atoms with van der Waals surface area (Å²) in [5.41, 5.74) is 2.28. The number of benzene rings is 1. The molecular formula is C15H20N2OS. The van der Waals surface area contributed by atoms with E-state index < -0.39 is 5.60 Å². The van der Waals surface area contributed by atoms with Gasteiger partial charge in [0, 0.05) is 29.1 Å². The molecule has 0 radical (unpaired) electrons. The number of hydrogen-bond donors (Lipinski definition) is 2. The molecule has 1 aromatic carbocycles. The molecule has 2 rings (SSSR count). The van der Waals surface area contributed by atoms with Gasteiger partial charge < -0.3 is 10.4 Å². The van der Waals surface area contributed by atoms with Gasteiger partial charge in [0.05, 0.1) is 11.1 Å². The van der Waals surface area contributed by atoms with Crippen LogP contribution < -0.4 is 5.32 Å². The second kappa shape index (κ2) is 5.80. The molecule has 0 spiro atoms. The van der Waals surface area contributed by atoms with Gasteiger partial charge in [-0.15, -0.1) is 0 Å². The van der Waals surface area contributed by atoms with Gasteiger partial charge in [-0.3, -0.25) is 4.98 Å². The van der Waals surface area contributed by atoms with Crippen molar-refractivity contribution >= 4 is 28.4 Å². The van der Waals surface area contributed by atoms with Gasteiger partial charge in [0.2, 0.25) is 0 Å². The molecule has 2 N–H and O–H groups in total. The topological polar surface area (TPSA) is 45.1 Å². The third kappa shape index (κ3) is 3.61. The summed E-state index contributed by atoms with van der Waals surface area (Å²) in [5, 5.41) is 14.7. The van der Waals surface area contributed by atoms with E-state index in [1.165, 1.54) is 0 Å². The Hall–Kier alpha value is -1.26. The molecule has 3 nitrogen and oxygen atoms in total. The van der Waals surface area contributed by atoms with Gasteiger partial charge in [-0.2, -0.15) is 11.8 Å². The molecule has 0 saturated heterocycles. The van der Waals surface area contributed by atoms with Crippen LogP contribution in [0.2, 0.25) is 0 Å². The van der Waals surface area contributed by atoms with Crippen LogP contribution >= 0.6 is 11.8 Å². The van der Waals surface area contributed by atoms with Crippen molar-refractivity contribution in [1.29, 1.82) is 0 Å². The standard InChI is InChI=1S/C15H20N2OS/c1-11-8-14(16-9-15(2,18)10-19-3)12-6-4-5-7-13(12)17-11/h4-8,18H,9-10H2,1-3H3,(H,16,17). The SMILES string of the molecule is CSCC(C)(O)CNc1cc(C)nc2ccccc12. The lowest BCUT2D eigenvalue weighted by molar-refractivity contribution is 0.0997. The van der Waals surface area contributed by atoms with Gasteiger partial charge in [-0.1, -0.05) is 18.2 Å². The average molecular weight is 276 g/mol. The van der Waals surface area contributed by atoms with Crippen LogP contribution in [0.25, 0.3) is 10.9 Å². The molecule has 1 atom stereocenters. The first-order chi connectivity index (χ1) is 9.02. The van der Waals surface area contributed by atoms with Crippen molar-refractivity contribution in [2.75, 3.05) is 23.9 Å². The molecule has 1 heterocycles. The molecule has 1 aromatic heterocycles. The first kappa shape index (κ1) is 14.2. The van der Waals surface area contributed by atoms with Crippen molar-refractivity contribution in [2.45, 2.75) is 19.4 Å². The number of fused-ring (bicyclic) bond motifs is 1. The number of nitrogens with one attached hydrogen (secondary N) is 1. The van der Waals surface area contributed by atoms with E-state index >= 15 is 0 Å². The number of pyridine rings is 1. The number of anilines is 1. The number of aryl methyl sites for hydroxylation is 1. The Kier molecular flexibility index (Phi) is 4.32. The van der Waals surface area contributed by atoms with Crippen LogP contribution in [0.1, 0.15) is 12.6 Å². The normalized spacial score (nSPS) is 14.3. The summed E-state index contributed by atoms with van der Waals surface area (Å²) in [6, 6.07) is 10.1. The third-order valence-electron chi connectivity index (χ3n) is 2.96. The molecule has 0 fully saturated rings. The van der Waals surface area contributed by atoms with Gasteiger partial charge >= 0.3 is 0 Å². The highest BCUT2D eigenvalue weighted by molar-refractivity contribution is 7.98. The van der Waals surface area contributed by atoms with Crippen LogP contribution in [0.4, 0.5) is 5.69 Å². The fourth-order valence-electron chi connectivity index (χ4n) is 2.10. The van der Waals surface area contributed by atoms with Crippen LogP contribution in [-0.2, 0) is 0 Å². The fourth-order valence-corrected chi connectivity index (χ4v) is 2.83. The molecule has 4 heteroatoms. The Bertz CT molecular complexity index is 569. The maximum absolute atomic E-state index is 10.2. The minimum atomic E-state index is -0.711. The van der Waals surface area contributed by atoms with Crippen LogP contribution in [0.15, 0.2) is 30.3 Å². The van der Waals surface area contributed by atoms with E-state index in [9.17, 15) is 5.11 Å². The van der Waals surface area contributed by atoms with Crippen LogP contribution in [0.5, 0.6) is 0 Å². The highest BCUT2D eigenvalue weighted by Crippen LogP contribution is 2.23. The molecule has 19 heavy (non-hydrogen) atoms. The molecule has 0 saturated carbocycles. The van der Waals surface area contributed by atoms with Crippen molar-refractivity contribution in [3.63, 3.8) is 0 Å². The van der Waals surface area contributed by atoms with E-state index in [1.54, 1.807) is 11.8 Å². The van der Waals surface area contributed by atoms with Crippen LogP contribution in [0, 0.1) is 6.92 Å². The second-order valence-corrected chi connectivity index (χ2v) is 5.98. The van der Waals surface area contributed by atoms with Crippen molar-refractivity contribution < 1.29 is 5.11 Å². The Balaban J connectivity index is 2.25. The van der Waals surface area contributed by atoms with Crippen LogP contribution in [-0.4, -0.2) is 34.2 Å². The molecule has 0 aliphatic carbocycles. The van der Waals surface area contributed by atoms with E-state index in [4.69, 9.17) is 0 Å². The molecule has 0 aliphatic rings. The zero-order chi connectivity index (χ0) is 13.9. The predicted octanol–water partition coefficient (Wildman–Crippen LogP) is 3.07. The Morgan fingerprint density at radius 1 is 1.37 bits per heavy atom. The van der Waals surface area contributed by atoms with E-state index in [2.05, 4.69) is 10.3 Å². The lowest BCUT2D eigenvalue weighted by atomic mass is 10.1. The lowest BCUT2D eigenvalue weighted by Crippen LogP contribution is -2.36. The quantitative estimate of drug-likeness (QED) is 0.881. The second-order valence-electron chi connectivity index (χ2n) is 5.11. The Morgan fingerprint density at radius 2 is 2.11 bits per heavy atom. The summed E-state index contributed by atoms with van der Waals surface area (Å²) in [6.45, 7) is 4.37. The molecule has 102 valence electrons. The number of thioether (sulfide) groups is 1. The molecule has 0 aliphatic heterocycles. The van der Waals surface area contributed by atoms with Gasteiger partial charge in [0.1, 0.15) is 0 Å². The maximum Gasteiger partial charge on any atom is 0.0880 e. The maximum atomic E-state index is 10.2. The van der Waals surface area contributed by atoms with Crippen molar-refractivity contribution in [3.8, 4) is 0 Å². The first-order valence-corrected chi connectivity index (χ1v) is 7.73. The van der Waals surface area contributed by atoms with Crippen molar-refractivity contribution in [2.24, 2.45) is 0 Å². The summed E-state index contributed by atoms with van der Waals surface area (Å²) >= 11 is 1.65. The van der Waals surface area contributed by atoms with Gasteiger partial charge in [-0.05, 0) is 32.2 Å². The number of nitrogens with zero attached hydrogens (tertiary/aromatic N) is 1. The smallest absolute Gasteiger partial charge is 0.0880 e. The zero-order valence-electron chi connectivity index (χ0n) is 11.6. The minimum Gasteiger partial charge on any atom is -0.387 e. The lowest BCUT2D eigenvalue weighted by Gasteiger charge is -2.23. The summed E-state index contributed by atoms with van der Waals surface area (Å²) in [5.74, 6) is 0.710. The van der Waals surface area contributed by atoms with Crippen LogP contribution in [0.3, 0.4) is 0 Å². The number of hydrogen-bond acceptors (Lipinski definition) is 4. The largest absolute Gasteiger partial charge is 0.387 e. The summed E-state index contributed by atoms with van der Waals surface area (Å²) in [6.07, 6.45) is 2.00. The molecule has 2 aromatic rings. The molecule has 0 bridgehead atoms.